The average Bonchev–Trinajstić information content (AvgIpc) is 2.97. The van der Waals surface area contributed by atoms with Gasteiger partial charge in [-0.1, -0.05) is 38.5 Å². The lowest BCUT2D eigenvalue weighted by molar-refractivity contribution is -0.126. The van der Waals surface area contributed by atoms with Gasteiger partial charge >= 0.3 is 0 Å². The van der Waals surface area contributed by atoms with Crippen molar-refractivity contribution in [2.24, 2.45) is 17.8 Å². The van der Waals surface area contributed by atoms with Gasteiger partial charge in [-0.05, 0) is 44.9 Å². The van der Waals surface area contributed by atoms with E-state index in [1.54, 1.807) is 0 Å². The summed E-state index contributed by atoms with van der Waals surface area (Å²) in [6, 6.07) is 0.283. The van der Waals surface area contributed by atoms with Gasteiger partial charge in [-0.2, -0.15) is 0 Å². The van der Waals surface area contributed by atoms with Gasteiger partial charge in [-0.15, -0.1) is 0 Å². The molecule has 2 aliphatic carbocycles. The zero-order valence-electron chi connectivity index (χ0n) is 12.1. The Morgan fingerprint density at radius 1 is 1.11 bits per heavy atom. The van der Waals surface area contributed by atoms with Crippen molar-refractivity contribution >= 4 is 5.91 Å². The topological polar surface area (TPSA) is 29.1 Å². The minimum Gasteiger partial charge on any atom is -0.354 e. The molecule has 0 heterocycles. The van der Waals surface area contributed by atoms with E-state index in [-0.39, 0.29) is 6.04 Å². The van der Waals surface area contributed by atoms with E-state index in [1.165, 1.54) is 44.9 Å². The third-order valence-corrected chi connectivity index (χ3v) is 4.51. The van der Waals surface area contributed by atoms with Crippen LogP contribution in [0.3, 0.4) is 0 Å². The monoisotopic (exact) mass is 251 g/mol. The normalized spacial score (nSPS) is 22.4. The Hall–Kier alpha value is -0.530. The van der Waals surface area contributed by atoms with Crippen LogP contribution in [0, 0.1) is 17.8 Å². The van der Waals surface area contributed by atoms with E-state index < -0.39 is 0 Å². The van der Waals surface area contributed by atoms with E-state index in [0.717, 1.165) is 24.7 Å². The van der Waals surface area contributed by atoms with Crippen LogP contribution >= 0.6 is 0 Å². The summed E-state index contributed by atoms with van der Waals surface area (Å²) < 4.78 is 0. The van der Waals surface area contributed by atoms with Crippen LogP contribution in [-0.2, 0) is 4.79 Å². The summed E-state index contributed by atoms with van der Waals surface area (Å²) in [4.78, 5) is 12.2. The molecule has 2 saturated carbocycles. The first kappa shape index (κ1) is 13.9. The highest BCUT2D eigenvalue weighted by Gasteiger charge is 2.30. The van der Waals surface area contributed by atoms with Crippen molar-refractivity contribution in [1.29, 1.82) is 0 Å². The van der Waals surface area contributed by atoms with Crippen LogP contribution in [0.4, 0.5) is 0 Å². The summed E-state index contributed by atoms with van der Waals surface area (Å²) >= 11 is 0. The maximum atomic E-state index is 12.2. The van der Waals surface area contributed by atoms with Crippen molar-refractivity contribution in [3.63, 3.8) is 0 Å². The zero-order chi connectivity index (χ0) is 13.0. The van der Waals surface area contributed by atoms with Gasteiger partial charge in [0.15, 0.2) is 0 Å². The largest absolute Gasteiger partial charge is 0.354 e. The Labute approximate surface area is 112 Å². The first-order valence-corrected chi connectivity index (χ1v) is 7.95. The Kier molecular flexibility index (Phi) is 5.08. The summed E-state index contributed by atoms with van der Waals surface area (Å²) in [5, 5.41) is 3.11. The lowest BCUT2D eigenvalue weighted by Gasteiger charge is -2.20. The fourth-order valence-electron chi connectivity index (χ4n) is 3.25. The molecule has 1 atom stereocenters. The Morgan fingerprint density at radius 2 is 1.78 bits per heavy atom. The van der Waals surface area contributed by atoms with Gasteiger partial charge in [0.2, 0.25) is 5.91 Å². The highest BCUT2D eigenvalue weighted by Crippen LogP contribution is 2.38. The summed E-state index contributed by atoms with van der Waals surface area (Å²) in [6.45, 7) is 4.12. The van der Waals surface area contributed by atoms with Crippen LogP contribution in [-0.4, -0.2) is 11.9 Å². The van der Waals surface area contributed by atoms with E-state index in [1.807, 2.05) is 0 Å². The molecule has 0 aromatic rings. The molecule has 2 nitrogen and oxygen atoms in total. The highest BCUT2D eigenvalue weighted by atomic mass is 16.1. The molecule has 0 aromatic heterocycles. The SMILES string of the molecule is CC(C)NC(=O)C(CCC1CCCC1)CC1CC1. The molecule has 0 radical (unpaired) electrons. The van der Waals surface area contributed by atoms with Gasteiger partial charge < -0.3 is 5.32 Å². The smallest absolute Gasteiger partial charge is 0.223 e. The Morgan fingerprint density at radius 3 is 2.33 bits per heavy atom. The maximum Gasteiger partial charge on any atom is 0.223 e. The maximum absolute atomic E-state index is 12.2. The van der Waals surface area contributed by atoms with E-state index >= 15 is 0 Å². The molecule has 0 spiro atoms. The third-order valence-electron chi connectivity index (χ3n) is 4.51. The summed E-state index contributed by atoms with van der Waals surface area (Å²) in [5.74, 6) is 2.38. The van der Waals surface area contributed by atoms with Crippen molar-refractivity contribution in [1.82, 2.24) is 5.32 Å². The predicted octanol–water partition coefficient (Wildman–Crippen LogP) is 3.90. The summed E-state index contributed by atoms with van der Waals surface area (Å²) in [7, 11) is 0. The summed E-state index contributed by atoms with van der Waals surface area (Å²) in [6.07, 6.45) is 11.9. The molecule has 2 rings (SSSR count). The molecule has 0 bridgehead atoms. The second kappa shape index (κ2) is 6.58. The highest BCUT2D eigenvalue weighted by molar-refractivity contribution is 5.78. The molecule has 0 aliphatic heterocycles. The van der Waals surface area contributed by atoms with Gasteiger partial charge in [0, 0.05) is 12.0 Å². The van der Waals surface area contributed by atoms with Crippen molar-refractivity contribution in [2.45, 2.75) is 77.7 Å². The average molecular weight is 251 g/mol. The van der Waals surface area contributed by atoms with Crippen LogP contribution in [0.2, 0.25) is 0 Å². The van der Waals surface area contributed by atoms with Crippen LogP contribution < -0.4 is 5.32 Å². The van der Waals surface area contributed by atoms with Crippen LogP contribution in [0.25, 0.3) is 0 Å². The van der Waals surface area contributed by atoms with Gasteiger partial charge in [0.25, 0.3) is 0 Å². The van der Waals surface area contributed by atoms with Crippen LogP contribution in [0.15, 0.2) is 0 Å². The molecule has 1 N–H and O–H groups in total. The van der Waals surface area contributed by atoms with Gasteiger partial charge in [-0.3, -0.25) is 4.79 Å². The van der Waals surface area contributed by atoms with Gasteiger partial charge in [0.05, 0.1) is 0 Å². The second-order valence-electron chi connectivity index (χ2n) is 6.77. The van der Waals surface area contributed by atoms with E-state index in [2.05, 4.69) is 19.2 Å². The molecule has 2 aliphatic rings. The molecule has 1 unspecified atom stereocenters. The van der Waals surface area contributed by atoms with Crippen molar-refractivity contribution in [3.8, 4) is 0 Å². The predicted molar refractivity (Wildman–Crippen MR) is 75.3 cm³/mol. The molecule has 1 amide bonds. The fraction of sp³-hybridized carbons (Fsp3) is 0.938. The van der Waals surface area contributed by atoms with Crippen molar-refractivity contribution in [3.05, 3.63) is 0 Å². The van der Waals surface area contributed by atoms with E-state index in [9.17, 15) is 4.79 Å². The zero-order valence-corrected chi connectivity index (χ0v) is 12.1. The van der Waals surface area contributed by atoms with Crippen LogP contribution in [0.5, 0.6) is 0 Å². The minimum atomic E-state index is 0.283. The standard InChI is InChI=1S/C16H29NO/c1-12(2)17-16(18)15(11-14-7-8-14)10-9-13-5-3-4-6-13/h12-15H,3-11H2,1-2H3,(H,17,18). The van der Waals surface area contributed by atoms with Crippen molar-refractivity contribution < 1.29 is 4.79 Å². The lowest BCUT2D eigenvalue weighted by Crippen LogP contribution is -2.36. The molecular weight excluding hydrogens is 222 g/mol. The molecular formula is C16H29NO. The van der Waals surface area contributed by atoms with Crippen molar-refractivity contribution in [2.75, 3.05) is 0 Å². The molecule has 0 aromatic carbocycles. The molecule has 18 heavy (non-hydrogen) atoms. The number of carbonyl (C=O) groups is 1. The number of hydrogen-bond acceptors (Lipinski definition) is 1. The van der Waals surface area contributed by atoms with Crippen LogP contribution in [0.1, 0.15) is 71.6 Å². The number of hydrogen-bond donors (Lipinski definition) is 1. The third kappa shape index (κ3) is 4.62. The first-order valence-electron chi connectivity index (χ1n) is 7.95. The quantitative estimate of drug-likeness (QED) is 0.730. The molecule has 0 saturated heterocycles. The Balaban J connectivity index is 1.77. The van der Waals surface area contributed by atoms with Gasteiger partial charge in [-0.25, -0.2) is 0 Å². The first-order chi connectivity index (χ1) is 8.65. The lowest BCUT2D eigenvalue weighted by atomic mass is 9.90. The summed E-state index contributed by atoms with van der Waals surface area (Å²) in [5.41, 5.74) is 0. The number of nitrogens with one attached hydrogen (secondary N) is 1. The number of amides is 1. The number of rotatable bonds is 7. The Bertz CT molecular complexity index is 264. The van der Waals surface area contributed by atoms with Gasteiger partial charge in [0.1, 0.15) is 0 Å². The molecule has 2 fully saturated rings. The molecule has 104 valence electrons. The molecule has 2 heteroatoms. The van der Waals surface area contributed by atoms with E-state index in [4.69, 9.17) is 0 Å². The number of carbonyl (C=O) groups excluding carboxylic acids is 1. The fourth-order valence-corrected chi connectivity index (χ4v) is 3.25. The minimum absolute atomic E-state index is 0.283. The van der Waals surface area contributed by atoms with E-state index in [0.29, 0.717) is 11.8 Å². The second-order valence-corrected chi connectivity index (χ2v) is 6.77.